The Morgan fingerprint density at radius 1 is 1.44 bits per heavy atom. The highest BCUT2D eigenvalue weighted by molar-refractivity contribution is 7.99. The predicted octanol–water partition coefficient (Wildman–Crippen LogP) is 2.64. The molecule has 1 aliphatic carbocycles. The molecule has 7 nitrogen and oxygen atoms in total. The lowest BCUT2D eigenvalue weighted by molar-refractivity contribution is -0.118. The van der Waals surface area contributed by atoms with Gasteiger partial charge in [-0.15, -0.1) is 11.8 Å². The fraction of sp³-hybridized carbons (Fsp3) is 0.529. The molecule has 2 aromatic heterocycles. The van der Waals surface area contributed by atoms with Crippen LogP contribution in [0, 0.1) is 6.92 Å². The Morgan fingerprint density at radius 2 is 2.28 bits per heavy atom. The maximum Gasteiger partial charge on any atom is 0.230 e. The maximum atomic E-state index is 11.9. The molecule has 8 heteroatoms. The largest absolute Gasteiger partial charge is 0.474 e. The summed E-state index contributed by atoms with van der Waals surface area (Å²) >= 11 is 1.45. The Balaban J connectivity index is 1.39. The molecule has 0 radical (unpaired) electrons. The average Bonchev–Trinajstić information content (AvgIpc) is 3.25. The van der Waals surface area contributed by atoms with E-state index in [0.29, 0.717) is 35.6 Å². The summed E-state index contributed by atoms with van der Waals surface area (Å²) in [6, 6.07) is 3.78. The number of hydrogen-bond donors (Lipinski definition) is 1. The molecule has 0 aliphatic heterocycles. The van der Waals surface area contributed by atoms with Gasteiger partial charge in [0.15, 0.2) is 5.82 Å². The number of aryl methyl sites for hydroxylation is 1. The molecule has 1 aliphatic rings. The van der Waals surface area contributed by atoms with Gasteiger partial charge in [0, 0.05) is 25.7 Å². The standard InChI is InChI=1S/C17H22N4O3S/c1-12-20-15(21-24-12)10-25-11-16(22)19-9-13-6-7-18-17(8-13)23-14-4-2-3-5-14/h6-8,14H,2-5,9-11H2,1H3,(H,19,22). The third-order valence-corrected chi connectivity index (χ3v) is 4.84. The topological polar surface area (TPSA) is 90.1 Å². The van der Waals surface area contributed by atoms with Gasteiger partial charge in [-0.25, -0.2) is 4.98 Å². The smallest absolute Gasteiger partial charge is 0.230 e. The van der Waals surface area contributed by atoms with E-state index in [0.717, 1.165) is 18.4 Å². The minimum atomic E-state index is -0.0275. The van der Waals surface area contributed by atoms with Crippen LogP contribution in [0.5, 0.6) is 5.88 Å². The summed E-state index contributed by atoms with van der Waals surface area (Å²) in [4.78, 5) is 20.3. The summed E-state index contributed by atoms with van der Waals surface area (Å²) in [5, 5.41) is 6.70. The molecule has 2 aromatic rings. The van der Waals surface area contributed by atoms with Crippen molar-refractivity contribution in [1.29, 1.82) is 0 Å². The first kappa shape index (κ1) is 17.7. The van der Waals surface area contributed by atoms with Crippen LogP contribution in [0.2, 0.25) is 0 Å². The van der Waals surface area contributed by atoms with E-state index in [1.807, 2.05) is 12.1 Å². The van der Waals surface area contributed by atoms with Crippen molar-refractivity contribution < 1.29 is 14.1 Å². The first-order chi connectivity index (χ1) is 12.2. The molecule has 134 valence electrons. The minimum Gasteiger partial charge on any atom is -0.474 e. The molecule has 0 spiro atoms. The molecular weight excluding hydrogens is 340 g/mol. The quantitative estimate of drug-likeness (QED) is 0.772. The number of nitrogens with one attached hydrogen (secondary N) is 1. The monoisotopic (exact) mass is 362 g/mol. The van der Waals surface area contributed by atoms with Crippen molar-refractivity contribution in [3.8, 4) is 5.88 Å². The molecule has 1 fully saturated rings. The first-order valence-electron chi connectivity index (χ1n) is 8.44. The second-order valence-corrected chi connectivity index (χ2v) is 7.01. The molecule has 0 saturated heterocycles. The number of hydrogen-bond acceptors (Lipinski definition) is 7. The second-order valence-electron chi connectivity index (χ2n) is 6.03. The van der Waals surface area contributed by atoms with Gasteiger partial charge in [0.05, 0.1) is 11.5 Å². The van der Waals surface area contributed by atoms with Crippen molar-refractivity contribution in [3.63, 3.8) is 0 Å². The molecule has 1 saturated carbocycles. The highest BCUT2D eigenvalue weighted by Crippen LogP contribution is 2.23. The van der Waals surface area contributed by atoms with E-state index in [1.54, 1.807) is 13.1 Å². The van der Waals surface area contributed by atoms with Gasteiger partial charge in [0.25, 0.3) is 0 Å². The van der Waals surface area contributed by atoms with Crippen molar-refractivity contribution in [3.05, 3.63) is 35.6 Å². The van der Waals surface area contributed by atoms with Crippen molar-refractivity contribution in [2.75, 3.05) is 5.75 Å². The predicted molar refractivity (Wildman–Crippen MR) is 94.2 cm³/mol. The number of ether oxygens (including phenoxy) is 1. The number of amides is 1. The molecule has 0 atom stereocenters. The number of thioether (sulfide) groups is 1. The summed E-state index contributed by atoms with van der Waals surface area (Å²) in [5.74, 6) is 2.66. The summed E-state index contributed by atoms with van der Waals surface area (Å²) in [6.45, 7) is 2.21. The van der Waals surface area contributed by atoms with Gasteiger partial charge >= 0.3 is 0 Å². The summed E-state index contributed by atoms with van der Waals surface area (Å²) in [5.41, 5.74) is 0.982. The van der Waals surface area contributed by atoms with Crippen molar-refractivity contribution in [2.45, 2.75) is 51.0 Å². The van der Waals surface area contributed by atoms with Crippen molar-refractivity contribution in [1.82, 2.24) is 20.4 Å². The molecule has 1 N–H and O–H groups in total. The van der Waals surface area contributed by atoms with Crippen LogP contribution in [0.15, 0.2) is 22.9 Å². The van der Waals surface area contributed by atoms with Gasteiger partial charge < -0.3 is 14.6 Å². The van der Waals surface area contributed by atoms with E-state index in [1.165, 1.54) is 24.6 Å². The number of nitrogens with zero attached hydrogens (tertiary/aromatic N) is 3. The van der Waals surface area contributed by atoms with E-state index in [9.17, 15) is 4.79 Å². The minimum absolute atomic E-state index is 0.0275. The van der Waals surface area contributed by atoms with Crippen LogP contribution >= 0.6 is 11.8 Å². The van der Waals surface area contributed by atoms with Gasteiger partial charge in [-0.1, -0.05) is 5.16 Å². The molecule has 0 aromatic carbocycles. The van der Waals surface area contributed by atoms with E-state index >= 15 is 0 Å². The van der Waals surface area contributed by atoms with Crippen molar-refractivity contribution in [2.24, 2.45) is 0 Å². The maximum absolute atomic E-state index is 11.9. The lowest BCUT2D eigenvalue weighted by Crippen LogP contribution is -2.24. The Hall–Kier alpha value is -2.09. The van der Waals surface area contributed by atoms with E-state index in [2.05, 4.69) is 20.4 Å². The Bertz CT molecular complexity index is 701. The number of carbonyl (C=O) groups excluding carboxylic acids is 1. The SMILES string of the molecule is Cc1nc(CSCC(=O)NCc2ccnc(OC3CCCC3)c2)no1. The molecule has 0 bridgehead atoms. The molecule has 25 heavy (non-hydrogen) atoms. The third kappa shape index (κ3) is 5.74. The van der Waals surface area contributed by atoms with Gasteiger partial charge in [0.1, 0.15) is 6.10 Å². The molecular formula is C17H22N4O3S. The number of carbonyl (C=O) groups is 1. The van der Waals surface area contributed by atoms with Crippen LogP contribution in [-0.4, -0.2) is 32.9 Å². The Labute approximate surface area is 150 Å². The van der Waals surface area contributed by atoms with Crippen molar-refractivity contribution >= 4 is 17.7 Å². The van der Waals surface area contributed by atoms with E-state index < -0.39 is 0 Å². The Morgan fingerprint density at radius 3 is 3.04 bits per heavy atom. The zero-order chi connectivity index (χ0) is 17.5. The highest BCUT2D eigenvalue weighted by Gasteiger charge is 2.17. The van der Waals surface area contributed by atoms with Gasteiger partial charge in [0.2, 0.25) is 17.7 Å². The highest BCUT2D eigenvalue weighted by atomic mass is 32.2. The van der Waals surface area contributed by atoms with Crippen LogP contribution in [-0.2, 0) is 17.1 Å². The number of rotatable bonds is 8. The zero-order valence-electron chi connectivity index (χ0n) is 14.2. The summed E-state index contributed by atoms with van der Waals surface area (Å²) < 4.78 is 10.8. The van der Waals surface area contributed by atoms with Gasteiger partial charge in [-0.3, -0.25) is 4.79 Å². The van der Waals surface area contributed by atoms with E-state index in [-0.39, 0.29) is 12.0 Å². The third-order valence-electron chi connectivity index (χ3n) is 3.91. The molecule has 1 amide bonds. The normalized spacial score (nSPS) is 14.6. The van der Waals surface area contributed by atoms with Crippen LogP contribution < -0.4 is 10.1 Å². The van der Waals surface area contributed by atoms with Crippen LogP contribution in [0.1, 0.15) is 43.0 Å². The summed E-state index contributed by atoms with van der Waals surface area (Å²) in [6.07, 6.45) is 6.64. The fourth-order valence-electron chi connectivity index (χ4n) is 2.69. The lowest BCUT2D eigenvalue weighted by atomic mass is 10.2. The second kappa shape index (κ2) is 8.84. The molecule has 3 rings (SSSR count). The van der Waals surface area contributed by atoms with Gasteiger partial charge in [-0.05, 0) is 37.3 Å². The van der Waals surface area contributed by atoms with Crippen LogP contribution in [0.25, 0.3) is 0 Å². The molecule has 2 heterocycles. The van der Waals surface area contributed by atoms with Crippen LogP contribution in [0.4, 0.5) is 0 Å². The number of pyridine rings is 1. The fourth-order valence-corrected chi connectivity index (χ4v) is 3.38. The van der Waals surface area contributed by atoms with E-state index in [4.69, 9.17) is 9.26 Å². The average molecular weight is 362 g/mol. The lowest BCUT2D eigenvalue weighted by Gasteiger charge is -2.12. The van der Waals surface area contributed by atoms with Crippen LogP contribution in [0.3, 0.4) is 0 Å². The zero-order valence-corrected chi connectivity index (χ0v) is 15.1. The Kier molecular flexibility index (Phi) is 6.27. The van der Waals surface area contributed by atoms with Gasteiger partial charge in [-0.2, -0.15) is 4.98 Å². The number of aromatic nitrogens is 3. The molecule has 0 unspecified atom stereocenters. The first-order valence-corrected chi connectivity index (χ1v) is 9.60. The summed E-state index contributed by atoms with van der Waals surface area (Å²) in [7, 11) is 0.